The third kappa shape index (κ3) is 5.70. The van der Waals surface area contributed by atoms with Crippen molar-refractivity contribution in [2.24, 2.45) is 0 Å². The Labute approximate surface area is 183 Å². The normalized spacial score (nSPS) is 15.8. The van der Waals surface area contributed by atoms with Crippen LogP contribution in [0, 0.1) is 22.7 Å². The topological polar surface area (TPSA) is 95.1 Å². The van der Waals surface area contributed by atoms with E-state index in [9.17, 15) is 15.3 Å². The van der Waals surface area contributed by atoms with E-state index in [0.29, 0.717) is 34.5 Å². The molecule has 1 saturated heterocycles. The summed E-state index contributed by atoms with van der Waals surface area (Å²) in [6, 6.07) is 16.6. The summed E-state index contributed by atoms with van der Waals surface area (Å²) in [5, 5.41) is 21.3. The average Bonchev–Trinajstić information content (AvgIpc) is 3.29. The first-order chi connectivity index (χ1) is 14.6. The lowest BCUT2D eigenvalue weighted by Crippen LogP contribution is -2.32. The Bertz CT molecular complexity index is 1030. The maximum atomic E-state index is 12.3. The van der Waals surface area contributed by atoms with Gasteiger partial charge in [0.1, 0.15) is 24.0 Å². The second-order valence-electron chi connectivity index (χ2n) is 6.76. The van der Waals surface area contributed by atoms with Crippen molar-refractivity contribution in [1.29, 1.82) is 10.5 Å². The molecule has 7 heteroatoms. The smallest absolute Gasteiger partial charge is 0.262 e. The predicted octanol–water partition coefficient (Wildman–Crippen LogP) is 4.10. The van der Waals surface area contributed by atoms with Crippen LogP contribution in [0.1, 0.15) is 29.5 Å². The minimum Gasteiger partial charge on any atom is -0.488 e. The number of benzene rings is 2. The molecule has 1 N–H and O–H groups in total. The SMILES string of the molecule is N#C/C(=C\c1ccc(OCc2ccccc2C#N)c(Br)c1)C(=O)NC[C@H]1CCCO1. The van der Waals surface area contributed by atoms with E-state index in [1.165, 1.54) is 6.08 Å². The molecular weight excluding hydrogens is 446 g/mol. The lowest BCUT2D eigenvalue weighted by Gasteiger charge is -2.11. The van der Waals surface area contributed by atoms with Crippen LogP contribution >= 0.6 is 15.9 Å². The molecule has 3 rings (SSSR count). The zero-order valence-electron chi connectivity index (χ0n) is 16.2. The summed E-state index contributed by atoms with van der Waals surface area (Å²) in [4.78, 5) is 12.3. The first-order valence-corrected chi connectivity index (χ1v) is 10.3. The van der Waals surface area contributed by atoms with E-state index < -0.39 is 5.91 Å². The number of nitrogens with zero attached hydrogens (tertiary/aromatic N) is 2. The number of carbonyl (C=O) groups is 1. The molecule has 1 amide bonds. The van der Waals surface area contributed by atoms with Crippen LogP contribution in [0.3, 0.4) is 0 Å². The number of nitriles is 2. The van der Waals surface area contributed by atoms with Crippen LogP contribution in [0.4, 0.5) is 0 Å². The molecule has 0 aromatic heterocycles. The largest absolute Gasteiger partial charge is 0.488 e. The van der Waals surface area contributed by atoms with Gasteiger partial charge in [-0.3, -0.25) is 4.79 Å². The number of nitrogens with one attached hydrogen (secondary N) is 1. The van der Waals surface area contributed by atoms with Crippen molar-refractivity contribution in [2.75, 3.05) is 13.2 Å². The van der Waals surface area contributed by atoms with Crippen molar-refractivity contribution >= 4 is 27.9 Å². The van der Waals surface area contributed by atoms with Gasteiger partial charge < -0.3 is 14.8 Å². The first-order valence-electron chi connectivity index (χ1n) is 9.52. The molecular formula is C23H20BrN3O3. The minimum atomic E-state index is -0.419. The zero-order valence-corrected chi connectivity index (χ0v) is 17.8. The molecule has 0 saturated carbocycles. The van der Waals surface area contributed by atoms with E-state index in [0.717, 1.165) is 18.4 Å². The van der Waals surface area contributed by atoms with Crippen molar-refractivity contribution in [3.63, 3.8) is 0 Å². The molecule has 2 aromatic rings. The highest BCUT2D eigenvalue weighted by molar-refractivity contribution is 9.10. The molecule has 1 atom stereocenters. The lowest BCUT2D eigenvalue weighted by molar-refractivity contribution is -0.117. The Morgan fingerprint density at radius 2 is 2.13 bits per heavy atom. The lowest BCUT2D eigenvalue weighted by atomic mass is 10.1. The third-order valence-electron chi connectivity index (χ3n) is 4.67. The highest BCUT2D eigenvalue weighted by atomic mass is 79.9. The monoisotopic (exact) mass is 465 g/mol. The van der Waals surface area contributed by atoms with Gasteiger partial charge in [-0.15, -0.1) is 0 Å². The van der Waals surface area contributed by atoms with Crippen LogP contribution in [0.5, 0.6) is 5.75 Å². The summed E-state index contributed by atoms with van der Waals surface area (Å²) in [7, 11) is 0. The minimum absolute atomic E-state index is 0.0191. The van der Waals surface area contributed by atoms with Gasteiger partial charge in [-0.1, -0.05) is 24.3 Å². The van der Waals surface area contributed by atoms with Crippen molar-refractivity contribution < 1.29 is 14.3 Å². The summed E-state index contributed by atoms with van der Waals surface area (Å²) in [5.41, 5.74) is 2.08. The highest BCUT2D eigenvalue weighted by Crippen LogP contribution is 2.28. The molecule has 0 aliphatic carbocycles. The van der Waals surface area contributed by atoms with Crippen LogP contribution in [0.2, 0.25) is 0 Å². The maximum absolute atomic E-state index is 12.3. The van der Waals surface area contributed by atoms with E-state index in [-0.39, 0.29) is 18.3 Å². The number of ether oxygens (including phenoxy) is 2. The second kappa shape index (κ2) is 10.6. The third-order valence-corrected chi connectivity index (χ3v) is 5.29. The molecule has 0 spiro atoms. The van der Waals surface area contributed by atoms with Gasteiger partial charge in [0, 0.05) is 18.7 Å². The van der Waals surface area contributed by atoms with Crippen molar-refractivity contribution in [3.05, 3.63) is 69.2 Å². The van der Waals surface area contributed by atoms with Crippen LogP contribution in [0.15, 0.2) is 52.5 Å². The number of hydrogen-bond donors (Lipinski definition) is 1. The van der Waals surface area contributed by atoms with Gasteiger partial charge in [0.25, 0.3) is 5.91 Å². The van der Waals surface area contributed by atoms with Crippen LogP contribution in [0.25, 0.3) is 6.08 Å². The molecule has 152 valence electrons. The average molecular weight is 466 g/mol. The van der Waals surface area contributed by atoms with Crippen molar-refractivity contribution in [1.82, 2.24) is 5.32 Å². The van der Waals surface area contributed by atoms with E-state index in [4.69, 9.17) is 9.47 Å². The fourth-order valence-corrected chi connectivity index (χ4v) is 3.57. The Morgan fingerprint density at radius 1 is 1.30 bits per heavy atom. The molecule has 2 aromatic carbocycles. The number of carbonyl (C=O) groups excluding carboxylic acids is 1. The fourth-order valence-electron chi connectivity index (χ4n) is 3.06. The van der Waals surface area contributed by atoms with Crippen LogP contribution in [-0.2, 0) is 16.1 Å². The molecule has 0 bridgehead atoms. The van der Waals surface area contributed by atoms with E-state index in [1.54, 1.807) is 24.3 Å². The predicted molar refractivity (Wildman–Crippen MR) is 115 cm³/mol. The Kier molecular flexibility index (Phi) is 7.62. The molecule has 6 nitrogen and oxygen atoms in total. The molecule has 30 heavy (non-hydrogen) atoms. The van der Waals surface area contributed by atoms with Gasteiger partial charge in [-0.05, 0) is 58.6 Å². The molecule has 1 aliphatic rings. The summed E-state index contributed by atoms with van der Waals surface area (Å²) in [6.45, 7) is 1.37. The Hall–Kier alpha value is -3.13. The Morgan fingerprint density at radius 3 is 2.83 bits per heavy atom. The second-order valence-corrected chi connectivity index (χ2v) is 7.62. The zero-order chi connectivity index (χ0) is 21.3. The van der Waals surface area contributed by atoms with Crippen LogP contribution < -0.4 is 10.1 Å². The number of rotatable bonds is 7. The highest BCUT2D eigenvalue weighted by Gasteiger charge is 2.17. The quantitative estimate of drug-likeness (QED) is 0.490. The van der Waals surface area contributed by atoms with Gasteiger partial charge in [-0.25, -0.2) is 0 Å². The van der Waals surface area contributed by atoms with Gasteiger partial charge in [-0.2, -0.15) is 10.5 Å². The fraction of sp³-hybridized carbons (Fsp3) is 0.261. The summed E-state index contributed by atoms with van der Waals surface area (Å²) in [5.74, 6) is 0.179. The van der Waals surface area contributed by atoms with E-state index >= 15 is 0 Å². The van der Waals surface area contributed by atoms with Crippen LogP contribution in [-0.4, -0.2) is 25.2 Å². The van der Waals surface area contributed by atoms with Crippen molar-refractivity contribution in [2.45, 2.75) is 25.6 Å². The van der Waals surface area contributed by atoms with Gasteiger partial charge in [0.2, 0.25) is 0 Å². The molecule has 0 unspecified atom stereocenters. The first kappa shape index (κ1) is 21.6. The van der Waals surface area contributed by atoms with Gasteiger partial charge in [0.15, 0.2) is 0 Å². The van der Waals surface area contributed by atoms with Crippen molar-refractivity contribution in [3.8, 4) is 17.9 Å². The van der Waals surface area contributed by atoms with E-state index in [2.05, 4.69) is 27.3 Å². The molecule has 0 radical (unpaired) electrons. The summed E-state index contributed by atoms with van der Waals surface area (Å²) < 4.78 is 12.0. The Balaban J connectivity index is 1.65. The number of hydrogen-bond acceptors (Lipinski definition) is 5. The molecule has 1 aliphatic heterocycles. The molecule has 1 heterocycles. The standard InChI is InChI=1S/C23H20BrN3O3/c24-21-11-16(10-19(13-26)23(28)27-14-20-6-3-9-29-20)7-8-22(21)30-15-18-5-2-1-4-17(18)12-25/h1-2,4-5,7-8,10-11,20H,3,6,9,14-15H2,(H,27,28)/b19-10+/t20-/m1/s1. The molecule has 1 fully saturated rings. The van der Waals surface area contributed by atoms with E-state index in [1.807, 2.05) is 24.3 Å². The number of halogens is 1. The summed E-state index contributed by atoms with van der Waals surface area (Å²) in [6.07, 6.45) is 3.46. The van der Waals surface area contributed by atoms with Gasteiger partial charge in [0.05, 0.1) is 22.2 Å². The number of amides is 1. The van der Waals surface area contributed by atoms with Gasteiger partial charge >= 0.3 is 0 Å². The maximum Gasteiger partial charge on any atom is 0.262 e. The summed E-state index contributed by atoms with van der Waals surface area (Å²) >= 11 is 3.46.